The highest BCUT2D eigenvalue weighted by atomic mass is 19.4. The van der Waals surface area contributed by atoms with Crippen molar-refractivity contribution in [2.24, 2.45) is 0 Å². The van der Waals surface area contributed by atoms with E-state index in [9.17, 15) is 13.2 Å². The van der Waals surface area contributed by atoms with Crippen molar-refractivity contribution in [2.45, 2.75) is 45.2 Å². The van der Waals surface area contributed by atoms with Crippen LogP contribution in [0.5, 0.6) is 0 Å². The highest BCUT2D eigenvalue weighted by molar-refractivity contribution is 5.19. The van der Waals surface area contributed by atoms with Gasteiger partial charge >= 0.3 is 6.18 Å². The van der Waals surface area contributed by atoms with Crippen LogP contribution in [0.15, 0.2) is 10.6 Å². The Morgan fingerprint density at radius 2 is 1.80 bits per heavy atom. The normalized spacial score (nSPS) is 13.6. The van der Waals surface area contributed by atoms with Gasteiger partial charge in [0.1, 0.15) is 11.2 Å². The summed E-state index contributed by atoms with van der Waals surface area (Å²) in [6.45, 7) is 5.86. The lowest BCUT2D eigenvalue weighted by Gasteiger charge is -2.24. The average molecular weight is 221 g/mol. The summed E-state index contributed by atoms with van der Waals surface area (Å²) in [5.74, 6) is 0.512. The standard InChI is InChI=1S/C10H14F3NO/c1-6(2)7-5-8(14-15-7)9(3,4)10(11,12)13/h5-6H,1-4H3. The van der Waals surface area contributed by atoms with E-state index < -0.39 is 11.6 Å². The van der Waals surface area contributed by atoms with E-state index in [1.807, 2.05) is 13.8 Å². The molecule has 2 nitrogen and oxygen atoms in total. The highest BCUT2D eigenvalue weighted by Crippen LogP contribution is 2.40. The van der Waals surface area contributed by atoms with Crippen LogP contribution in [0, 0.1) is 0 Å². The number of nitrogens with zero attached hydrogens (tertiary/aromatic N) is 1. The molecular weight excluding hydrogens is 207 g/mol. The molecule has 0 radical (unpaired) electrons. The Balaban J connectivity index is 3.06. The minimum atomic E-state index is -4.32. The molecule has 0 aliphatic heterocycles. The predicted octanol–water partition coefficient (Wildman–Crippen LogP) is 3.64. The second-order valence-corrected chi connectivity index (χ2v) is 4.39. The van der Waals surface area contributed by atoms with E-state index in [2.05, 4.69) is 5.16 Å². The predicted molar refractivity (Wildman–Crippen MR) is 49.7 cm³/mol. The van der Waals surface area contributed by atoms with E-state index in [1.54, 1.807) is 0 Å². The molecule has 0 fully saturated rings. The van der Waals surface area contributed by atoms with Crippen LogP contribution in [0.1, 0.15) is 45.1 Å². The van der Waals surface area contributed by atoms with E-state index in [0.717, 1.165) is 13.8 Å². The summed E-state index contributed by atoms with van der Waals surface area (Å²) in [5, 5.41) is 3.48. The van der Waals surface area contributed by atoms with E-state index >= 15 is 0 Å². The number of hydrogen-bond acceptors (Lipinski definition) is 2. The fourth-order valence-corrected chi connectivity index (χ4v) is 1.00. The number of alkyl halides is 3. The Kier molecular flexibility index (Phi) is 2.85. The van der Waals surface area contributed by atoms with Crippen molar-refractivity contribution in [3.63, 3.8) is 0 Å². The molecular formula is C10H14F3NO. The zero-order valence-corrected chi connectivity index (χ0v) is 9.14. The molecule has 0 aliphatic rings. The maximum Gasteiger partial charge on any atom is 0.399 e. The van der Waals surface area contributed by atoms with E-state index in [1.165, 1.54) is 6.07 Å². The van der Waals surface area contributed by atoms with E-state index in [4.69, 9.17) is 4.52 Å². The van der Waals surface area contributed by atoms with Crippen molar-refractivity contribution >= 4 is 0 Å². The SMILES string of the molecule is CC(C)c1cc(C(C)(C)C(F)(F)F)no1. The van der Waals surface area contributed by atoms with Gasteiger partial charge in [-0.25, -0.2) is 0 Å². The van der Waals surface area contributed by atoms with Crippen molar-refractivity contribution < 1.29 is 17.7 Å². The summed E-state index contributed by atoms with van der Waals surface area (Å²) in [7, 11) is 0. The monoisotopic (exact) mass is 221 g/mol. The molecule has 1 aromatic heterocycles. The smallest absolute Gasteiger partial charge is 0.361 e. The van der Waals surface area contributed by atoms with Crippen LogP contribution in [0.2, 0.25) is 0 Å². The van der Waals surface area contributed by atoms with Crippen molar-refractivity contribution in [1.29, 1.82) is 0 Å². The maximum absolute atomic E-state index is 12.6. The Bertz CT molecular complexity index is 339. The minimum Gasteiger partial charge on any atom is -0.361 e. The summed E-state index contributed by atoms with van der Waals surface area (Å²) >= 11 is 0. The van der Waals surface area contributed by atoms with Gasteiger partial charge in [0.05, 0.1) is 5.69 Å². The largest absolute Gasteiger partial charge is 0.399 e. The molecule has 15 heavy (non-hydrogen) atoms. The van der Waals surface area contributed by atoms with Crippen LogP contribution in [0.4, 0.5) is 13.2 Å². The van der Waals surface area contributed by atoms with Crippen LogP contribution in [-0.4, -0.2) is 11.3 Å². The molecule has 5 heteroatoms. The first-order chi connectivity index (χ1) is 6.66. The molecule has 0 amide bonds. The molecule has 0 aromatic carbocycles. The fourth-order valence-electron chi connectivity index (χ4n) is 1.00. The van der Waals surface area contributed by atoms with Crippen molar-refractivity contribution in [2.75, 3.05) is 0 Å². The molecule has 1 heterocycles. The quantitative estimate of drug-likeness (QED) is 0.762. The van der Waals surface area contributed by atoms with Crippen molar-refractivity contribution in [3.8, 4) is 0 Å². The van der Waals surface area contributed by atoms with Crippen LogP contribution < -0.4 is 0 Å². The Hall–Kier alpha value is -1.00. The Labute approximate surface area is 86.4 Å². The second kappa shape index (κ2) is 3.54. The topological polar surface area (TPSA) is 26.0 Å². The molecule has 1 rings (SSSR count). The minimum absolute atomic E-state index is 0.0373. The first kappa shape index (κ1) is 12.1. The van der Waals surface area contributed by atoms with E-state index in [0.29, 0.717) is 5.76 Å². The van der Waals surface area contributed by atoms with E-state index in [-0.39, 0.29) is 11.6 Å². The molecule has 0 saturated heterocycles. The summed E-state index contributed by atoms with van der Waals surface area (Å²) in [4.78, 5) is 0. The van der Waals surface area contributed by atoms with Gasteiger partial charge in [0.25, 0.3) is 0 Å². The molecule has 1 aromatic rings. The first-order valence-electron chi connectivity index (χ1n) is 4.70. The van der Waals surface area contributed by atoms with Crippen LogP contribution >= 0.6 is 0 Å². The molecule has 0 atom stereocenters. The summed E-state index contributed by atoms with van der Waals surface area (Å²) in [6, 6.07) is 1.37. The van der Waals surface area contributed by atoms with Gasteiger partial charge < -0.3 is 4.52 Å². The van der Waals surface area contributed by atoms with Gasteiger partial charge in [-0.1, -0.05) is 19.0 Å². The molecule has 86 valence electrons. The van der Waals surface area contributed by atoms with Gasteiger partial charge in [-0.2, -0.15) is 13.2 Å². The van der Waals surface area contributed by atoms with Crippen LogP contribution in [0.3, 0.4) is 0 Å². The molecule has 0 bridgehead atoms. The van der Waals surface area contributed by atoms with Gasteiger partial charge in [-0.15, -0.1) is 0 Å². The van der Waals surface area contributed by atoms with Crippen molar-refractivity contribution in [1.82, 2.24) is 5.16 Å². The summed E-state index contributed by atoms with van der Waals surface area (Å²) in [6.07, 6.45) is -4.32. The third-order valence-corrected chi connectivity index (χ3v) is 2.45. The maximum atomic E-state index is 12.6. The Morgan fingerprint density at radius 1 is 1.27 bits per heavy atom. The zero-order chi connectivity index (χ0) is 11.9. The second-order valence-electron chi connectivity index (χ2n) is 4.39. The number of aromatic nitrogens is 1. The number of hydrogen-bond donors (Lipinski definition) is 0. The lowest BCUT2D eigenvalue weighted by molar-refractivity contribution is -0.181. The highest BCUT2D eigenvalue weighted by Gasteiger charge is 2.50. The third-order valence-electron chi connectivity index (χ3n) is 2.45. The zero-order valence-electron chi connectivity index (χ0n) is 9.14. The van der Waals surface area contributed by atoms with Gasteiger partial charge in [-0.3, -0.25) is 0 Å². The van der Waals surface area contributed by atoms with Crippen LogP contribution in [0.25, 0.3) is 0 Å². The van der Waals surface area contributed by atoms with Gasteiger partial charge in [0, 0.05) is 12.0 Å². The molecule has 0 spiro atoms. The average Bonchev–Trinajstić information content (AvgIpc) is 2.49. The molecule has 0 N–H and O–H groups in total. The first-order valence-corrected chi connectivity index (χ1v) is 4.70. The summed E-state index contributed by atoms with van der Waals surface area (Å²) in [5.41, 5.74) is -2.04. The molecule has 0 saturated carbocycles. The van der Waals surface area contributed by atoms with Crippen molar-refractivity contribution in [3.05, 3.63) is 17.5 Å². The number of halogens is 3. The Morgan fingerprint density at radius 3 is 2.13 bits per heavy atom. The fraction of sp³-hybridized carbons (Fsp3) is 0.700. The molecule has 0 unspecified atom stereocenters. The van der Waals surface area contributed by atoms with Crippen LogP contribution in [-0.2, 0) is 5.41 Å². The molecule has 0 aliphatic carbocycles. The third kappa shape index (κ3) is 2.16. The lowest BCUT2D eigenvalue weighted by atomic mass is 9.88. The summed E-state index contributed by atoms with van der Waals surface area (Å²) < 4.78 is 42.8. The van der Waals surface area contributed by atoms with Gasteiger partial charge in [0.2, 0.25) is 0 Å². The van der Waals surface area contributed by atoms with Gasteiger partial charge in [-0.05, 0) is 13.8 Å². The lowest BCUT2D eigenvalue weighted by Crippen LogP contribution is -2.36. The number of rotatable bonds is 2. The van der Waals surface area contributed by atoms with Gasteiger partial charge in [0.15, 0.2) is 0 Å².